The molecule has 0 aromatic carbocycles. The number of carbonyl (C=O) groups is 1. The van der Waals surface area contributed by atoms with E-state index in [0.717, 1.165) is 24.8 Å². The van der Waals surface area contributed by atoms with E-state index in [-0.39, 0.29) is 5.91 Å². The molecule has 1 heterocycles. The first-order valence-electron chi connectivity index (χ1n) is 4.92. The lowest BCUT2D eigenvalue weighted by Gasteiger charge is -2.26. The third kappa shape index (κ3) is 3.19. The molecule has 0 aromatic heterocycles. The van der Waals surface area contributed by atoms with E-state index >= 15 is 0 Å². The van der Waals surface area contributed by atoms with E-state index in [1.54, 1.807) is 11.8 Å². The highest BCUT2D eigenvalue weighted by atomic mass is 32.2. The average molecular weight is 200 g/mol. The Morgan fingerprint density at radius 1 is 1.46 bits per heavy atom. The molecule has 2 aliphatic rings. The molecule has 2 rings (SSSR count). The van der Waals surface area contributed by atoms with Crippen LogP contribution < -0.4 is 10.6 Å². The molecule has 1 saturated heterocycles. The van der Waals surface area contributed by atoms with Crippen molar-refractivity contribution in [1.82, 2.24) is 10.6 Å². The minimum absolute atomic E-state index is 0.222. The Hall–Kier alpha value is -0.220. The third-order valence-corrected chi connectivity index (χ3v) is 3.57. The van der Waals surface area contributed by atoms with Gasteiger partial charge in [0.2, 0.25) is 5.91 Å². The van der Waals surface area contributed by atoms with E-state index in [4.69, 9.17) is 0 Å². The lowest BCUT2D eigenvalue weighted by atomic mass is 10.1. The largest absolute Gasteiger partial charge is 0.353 e. The van der Waals surface area contributed by atoms with Crippen LogP contribution in [0.25, 0.3) is 0 Å². The zero-order chi connectivity index (χ0) is 9.10. The van der Waals surface area contributed by atoms with E-state index in [1.165, 1.54) is 12.8 Å². The lowest BCUT2D eigenvalue weighted by Crippen LogP contribution is -2.43. The van der Waals surface area contributed by atoms with Crippen molar-refractivity contribution in [1.29, 1.82) is 0 Å². The molecule has 0 atom stereocenters. The molecule has 1 amide bonds. The number of carbonyl (C=O) groups excluding carboxylic acids is 1. The van der Waals surface area contributed by atoms with Crippen LogP contribution >= 0.6 is 11.8 Å². The van der Waals surface area contributed by atoms with Gasteiger partial charge in [-0.15, -0.1) is 0 Å². The summed E-state index contributed by atoms with van der Waals surface area (Å²) in [6.07, 6.45) is 2.37. The van der Waals surface area contributed by atoms with E-state index in [9.17, 15) is 4.79 Å². The maximum absolute atomic E-state index is 11.2. The number of hydrogen-bond donors (Lipinski definition) is 2. The first-order valence-corrected chi connectivity index (χ1v) is 6.08. The van der Waals surface area contributed by atoms with Crippen LogP contribution in [0, 0.1) is 5.92 Å². The Bertz CT molecular complexity index is 190. The normalized spacial score (nSPS) is 22.5. The van der Waals surface area contributed by atoms with Gasteiger partial charge in [-0.1, -0.05) is 0 Å². The standard InChI is InChI=1S/C9H16N2OS/c12-9(11-8-1-2-8)6-13-5-7-3-10-4-7/h7-8,10H,1-6H2,(H,11,12). The van der Waals surface area contributed by atoms with Gasteiger partial charge >= 0.3 is 0 Å². The Kier molecular flexibility index (Phi) is 3.11. The summed E-state index contributed by atoms with van der Waals surface area (Å²) in [6.45, 7) is 2.27. The van der Waals surface area contributed by atoms with Gasteiger partial charge in [-0.3, -0.25) is 4.79 Å². The number of thioether (sulfide) groups is 1. The zero-order valence-electron chi connectivity index (χ0n) is 7.71. The van der Waals surface area contributed by atoms with E-state index in [1.807, 2.05) is 0 Å². The summed E-state index contributed by atoms with van der Waals surface area (Å²) in [5.41, 5.74) is 0. The smallest absolute Gasteiger partial charge is 0.230 e. The van der Waals surface area contributed by atoms with E-state index in [2.05, 4.69) is 10.6 Å². The molecule has 0 unspecified atom stereocenters. The van der Waals surface area contributed by atoms with Gasteiger partial charge < -0.3 is 10.6 Å². The summed E-state index contributed by atoms with van der Waals surface area (Å²) >= 11 is 1.76. The first-order chi connectivity index (χ1) is 6.34. The highest BCUT2D eigenvalue weighted by Gasteiger charge is 2.23. The fraction of sp³-hybridized carbons (Fsp3) is 0.889. The molecule has 0 bridgehead atoms. The van der Waals surface area contributed by atoms with Crippen LogP contribution in [-0.4, -0.2) is 36.5 Å². The summed E-state index contributed by atoms with van der Waals surface area (Å²) < 4.78 is 0. The van der Waals surface area contributed by atoms with Gasteiger partial charge in [0, 0.05) is 6.04 Å². The highest BCUT2D eigenvalue weighted by Crippen LogP contribution is 2.19. The van der Waals surface area contributed by atoms with Crippen molar-refractivity contribution in [3.63, 3.8) is 0 Å². The molecular formula is C9H16N2OS. The molecule has 1 aliphatic heterocycles. The molecule has 1 aliphatic carbocycles. The van der Waals surface area contributed by atoms with Crippen molar-refractivity contribution >= 4 is 17.7 Å². The molecule has 0 spiro atoms. The average Bonchev–Trinajstić information content (AvgIpc) is 2.78. The van der Waals surface area contributed by atoms with Gasteiger partial charge in [-0.25, -0.2) is 0 Å². The van der Waals surface area contributed by atoms with Crippen LogP contribution in [0.3, 0.4) is 0 Å². The minimum atomic E-state index is 0.222. The maximum Gasteiger partial charge on any atom is 0.230 e. The predicted molar refractivity (Wildman–Crippen MR) is 54.8 cm³/mol. The fourth-order valence-electron chi connectivity index (χ4n) is 1.28. The molecule has 2 fully saturated rings. The van der Waals surface area contributed by atoms with Gasteiger partial charge in [-0.2, -0.15) is 11.8 Å². The van der Waals surface area contributed by atoms with Gasteiger partial charge in [-0.05, 0) is 37.6 Å². The zero-order valence-corrected chi connectivity index (χ0v) is 8.53. The van der Waals surface area contributed by atoms with Crippen LogP contribution in [0.2, 0.25) is 0 Å². The third-order valence-electron chi connectivity index (χ3n) is 2.40. The van der Waals surface area contributed by atoms with Gasteiger partial charge in [0.1, 0.15) is 0 Å². The molecule has 0 aromatic rings. The van der Waals surface area contributed by atoms with E-state index < -0.39 is 0 Å². The van der Waals surface area contributed by atoms with Crippen LogP contribution in [0.1, 0.15) is 12.8 Å². The van der Waals surface area contributed by atoms with Crippen molar-refractivity contribution in [2.24, 2.45) is 5.92 Å². The first kappa shape index (κ1) is 9.34. The highest BCUT2D eigenvalue weighted by molar-refractivity contribution is 7.99. The molecule has 74 valence electrons. The summed E-state index contributed by atoms with van der Waals surface area (Å²) in [4.78, 5) is 11.2. The minimum Gasteiger partial charge on any atom is -0.353 e. The Morgan fingerprint density at radius 2 is 2.23 bits per heavy atom. The Morgan fingerprint density at radius 3 is 2.77 bits per heavy atom. The molecule has 13 heavy (non-hydrogen) atoms. The molecular weight excluding hydrogens is 184 g/mol. The van der Waals surface area contributed by atoms with Crippen molar-refractivity contribution < 1.29 is 4.79 Å². The second kappa shape index (κ2) is 4.33. The lowest BCUT2D eigenvalue weighted by molar-refractivity contribution is -0.118. The molecule has 4 heteroatoms. The maximum atomic E-state index is 11.2. The van der Waals surface area contributed by atoms with Crippen LogP contribution in [0.5, 0.6) is 0 Å². The van der Waals surface area contributed by atoms with Gasteiger partial charge in [0.05, 0.1) is 5.75 Å². The summed E-state index contributed by atoms with van der Waals surface area (Å²) in [5.74, 6) is 2.80. The van der Waals surface area contributed by atoms with Gasteiger partial charge in [0.15, 0.2) is 0 Å². The summed E-state index contributed by atoms with van der Waals surface area (Å²) in [5, 5.41) is 6.22. The van der Waals surface area contributed by atoms with Crippen molar-refractivity contribution in [2.75, 3.05) is 24.6 Å². The number of hydrogen-bond acceptors (Lipinski definition) is 3. The molecule has 3 nitrogen and oxygen atoms in total. The SMILES string of the molecule is O=C(CSCC1CNC1)NC1CC1. The summed E-state index contributed by atoms with van der Waals surface area (Å²) in [7, 11) is 0. The summed E-state index contributed by atoms with van der Waals surface area (Å²) in [6, 6.07) is 0.512. The number of rotatable bonds is 5. The Labute approximate surface area is 83.0 Å². The monoisotopic (exact) mass is 200 g/mol. The fourth-order valence-corrected chi connectivity index (χ4v) is 2.24. The van der Waals surface area contributed by atoms with Crippen molar-refractivity contribution in [3.8, 4) is 0 Å². The van der Waals surface area contributed by atoms with Gasteiger partial charge in [0.25, 0.3) is 0 Å². The Balaban J connectivity index is 1.48. The topological polar surface area (TPSA) is 41.1 Å². The van der Waals surface area contributed by atoms with Crippen LogP contribution in [0.15, 0.2) is 0 Å². The number of nitrogens with one attached hydrogen (secondary N) is 2. The van der Waals surface area contributed by atoms with Crippen molar-refractivity contribution in [3.05, 3.63) is 0 Å². The quantitative estimate of drug-likeness (QED) is 0.667. The second-order valence-corrected chi connectivity index (χ2v) is 4.91. The molecule has 1 saturated carbocycles. The van der Waals surface area contributed by atoms with Crippen molar-refractivity contribution in [2.45, 2.75) is 18.9 Å². The predicted octanol–water partition coefficient (Wildman–Crippen LogP) is 0.218. The molecule has 0 radical (unpaired) electrons. The second-order valence-electron chi connectivity index (χ2n) is 3.88. The van der Waals surface area contributed by atoms with Crippen LogP contribution in [-0.2, 0) is 4.79 Å². The van der Waals surface area contributed by atoms with E-state index in [0.29, 0.717) is 11.8 Å². The molecule has 2 N–H and O–H groups in total. The number of amides is 1. The van der Waals surface area contributed by atoms with Crippen LogP contribution in [0.4, 0.5) is 0 Å².